The predicted octanol–water partition coefficient (Wildman–Crippen LogP) is 5.52. The Kier molecular flexibility index (Phi) is 8.73. The highest BCUT2D eigenvalue weighted by atomic mass is 16.5. The van der Waals surface area contributed by atoms with Gasteiger partial charge in [0, 0.05) is 0 Å². The number of aryl methyl sites for hydroxylation is 1. The van der Waals surface area contributed by atoms with Crippen molar-refractivity contribution in [1.29, 1.82) is 0 Å². The Hall–Kier alpha value is -1.50. The van der Waals surface area contributed by atoms with E-state index in [2.05, 4.69) is 39.0 Å². The molecule has 0 N–H and O–H groups in total. The van der Waals surface area contributed by atoms with E-state index in [0.29, 0.717) is 0 Å². The van der Waals surface area contributed by atoms with Crippen LogP contribution in [0.3, 0.4) is 0 Å². The van der Waals surface area contributed by atoms with E-state index in [1.165, 1.54) is 11.1 Å². The topological polar surface area (TPSA) is 9.23 Å². The van der Waals surface area contributed by atoms with Crippen molar-refractivity contribution >= 4 is 0 Å². The molecule has 0 aromatic heterocycles. The summed E-state index contributed by atoms with van der Waals surface area (Å²) in [6.45, 7) is 12.3. The van der Waals surface area contributed by atoms with Gasteiger partial charge in [0.15, 0.2) is 0 Å². The molecular formula is C17H26O. The molecule has 1 aromatic carbocycles. The van der Waals surface area contributed by atoms with Crippen molar-refractivity contribution < 1.29 is 4.74 Å². The monoisotopic (exact) mass is 246 g/mol. The van der Waals surface area contributed by atoms with Crippen molar-refractivity contribution in [3.63, 3.8) is 0 Å². The summed E-state index contributed by atoms with van der Waals surface area (Å²) in [5, 5.41) is 0. The minimum absolute atomic E-state index is 0.896. The number of rotatable bonds is 4. The summed E-state index contributed by atoms with van der Waals surface area (Å²) in [7, 11) is 0. The smallest absolute Gasteiger partial charge is 0.126 e. The van der Waals surface area contributed by atoms with Gasteiger partial charge in [0.1, 0.15) is 11.5 Å². The van der Waals surface area contributed by atoms with Crippen LogP contribution in [0, 0.1) is 0 Å². The van der Waals surface area contributed by atoms with Gasteiger partial charge in [-0.25, -0.2) is 0 Å². The second-order valence-corrected chi connectivity index (χ2v) is 4.12. The third-order valence-electron chi connectivity index (χ3n) is 2.26. The van der Waals surface area contributed by atoms with E-state index < -0.39 is 0 Å². The fourth-order valence-corrected chi connectivity index (χ4v) is 1.30. The van der Waals surface area contributed by atoms with Gasteiger partial charge in [-0.2, -0.15) is 0 Å². The minimum atomic E-state index is 0.896. The zero-order chi connectivity index (χ0) is 14.0. The van der Waals surface area contributed by atoms with Gasteiger partial charge in [0.25, 0.3) is 0 Å². The Morgan fingerprint density at radius 1 is 1.00 bits per heavy atom. The summed E-state index contributed by atoms with van der Waals surface area (Å²) in [4.78, 5) is 0. The van der Waals surface area contributed by atoms with Gasteiger partial charge in [0.05, 0.1) is 0 Å². The Morgan fingerprint density at radius 2 is 1.56 bits per heavy atom. The Morgan fingerprint density at radius 3 is 2.00 bits per heavy atom. The maximum Gasteiger partial charge on any atom is 0.126 e. The van der Waals surface area contributed by atoms with Crippen molar-refractivity contribution in [3.05, 3.63) is 53.3 Å². The molecule has 0 saturated carbocycles. The Bertz CT molecular complexity index is 379. The number of hydrogen-bond acceptors (Lipinski definition) is 1. The van der Waals surface area contributed by atoms with Gasteiger partial charge in [-0.1, -0.05) is 44.6 Å². The molecule has 0 heterocycles. The molecule has 0 amide bonds. The maximum atomic E-state index is 5.68. The summed E-state index contributed by atoms with van der Waals surface area (Å²) in [6.07, 6.45) is 5.10. The molecule has 0 aliphatic heterocycles. The molecule has 1 nitrogen and oxygen atoms in total. The standard InChI is InChI=1S/C15H20O.C2H6/c1-5-14-8-10-15(11-9-14)16-13(4)7-6-12(2)3;1-2/h6-11H,5H2,1-4H3;1-2H3/b13-7+;. The van der Waals surface area contributed by atoms with E-state index in [9.17, 15) is 0 Å². The Labute approximate surface area is 112 Å². The number of benzene rings is 1. The first kappa shape index (κ1) is 16.5. The van der Waals surface area contributed by atoms with Gasteiger partial charge in [-0.15, -0.1) is 0 Å². The zero-order valence-corrected chi connectivity index (χ0v) is 12.6. The Balaban J connectivity index is 0.00000137. The third-order valence-corrected chi connectivity index (χ3v) is 2.26. The van der Waals surface area contributed by atoms with Crippen LogP contribution in [0.2, 0.25) is 0 Å². The van der Waals surface area contributed by atoms with Gasteiger partial charge in [-0.05, 0) is 51.0 Å². The second-order valence-electron chi connectivity index (χ2n) is 4.12. The number of allylic oxidation sites excluding steroid dienone is 4. The molecule has 0 atom stereocenters. The molecule has 0 aliphatic carbocycles. The first-order valence-electron chi connectivity index (χ1n) is 6.70. The fraction of sp³-hybridized carbons (Fsp3) is 0.412. The summed E-state index contributed by atoms with van der Waals surface area (Å²) in [6, 6.07) is 8.23. The van der Waals surface area contributed by atoms with Crippen LogP contribution in [0.4, 0.5) is 0 Å². The molecule has 1 rings (SSSR count). The molecule has 1 aromatic rings. The highest BCUT2D eigenvalue weighted by molar-refractivity contribution is 5.29. The summed E-state index contributed by atoms with van der Waals surface area (Å²) < 4.78 is 5.68. The molecule has 0 fully saturated rings. The van der Waals surface area contributed by atoms with Gasteiger partial charge >= 0.3 is 0 Å². The molecule has 100 valence electrons. The first-order chi connectivity index (χ1) is 8.61. The quantitative estimate of drug-likeness (QED) is 0.502. The zero-order valence-electron chi connectivity index (χ0n) is 12.6. The van der Waals surface area contributed by atoms with Crippen LogP contribution in [-0.2, 0) is 6.42 Å². The van der Waals surface area contributed by atoms with Crippen molar-refractivity contribution in [2.45, 2.75) is 48.0 Å². The number of ether oxygens (including phenoxy) is 1. The van der Waals surface area contributed by atoms with Crippen LogP contribution >= 0.6 is 0 Å². The van der Waals surface area contributed by atoms with Crippen molar-refractivity contribution in [1.82, 2.24) is 0 Å². The van der Waals surface area contributed by atoms with Crippen LogP contribution in [0.25, 0.3) is 0 Å². The van der Waals surface area contributed by atoms with Gasteiger partial charge in [-0.3, -0.25) is 0 Å². The maximum absolute atomic E-state index is 5.68. The van der Waals surface area contributed by atoms with E-state index in [1.54, 1.807) is 0 Å². The molecular weight excluding hydrogens is 220 g/mol. The van der Waals surface area contributed by atoms with Gasteiger partial charge in [0.2, 0.25) is 0 Å². The summed E-state index contributed by atoms with van der Waals surface area (Å²) in [5.74, 6) is 1.80. The lowest BCUT2D eigenvalue weighted by atomic mass is 10.2. The lowest BCUT2D eigenvalue weighted by Crippen LogP contribution is -1.90. The SMILES string of the molecule is CC.CCc1ccc(O/C(C)=C/C=C(C)C)cc1. The lowest BCUT2D eigenvalue weighted by molar-refractivity contribution is 0.428. The molecule has 0 unspecified atom stereocenters. The van der Waals surface area contributed by atoms with Crippen LogP contribution in [0.1, 0.15) is 47.1 Å². The van der Waals surface area contributed by atoms with E-state index >= 15 is 0 Å². The van der Waals surface area contributed by atoms with E-state index in [1.807, 2.05) is 39.0 Å². The van der Waals surface area contributed by atoms with Crippen LogP contribution in [-0.4, -0.2) is 0 Å². The van der Waals surface area contributed by atoms with Crippen LogP contribution < -0.4 is 4.74 Å². The third kappa shape index (κ3) is 6.95. The van der Waals surface area contributed by atoms with E-state index in [0.717, 1.165) is 17.9 Å². The molecule has 0 saturated heterocycles. The lowest BCUT2D eigenvalue weighted by Gasteiger charge is -2.05. The fourth-order valence-electron chi connectivity index (χ4n) is 1.30. The van der Waals surface area contributed by atoms with Crippen LogP contribution in [0.5, 0.6) is 5.75 Å². The van der Waals surface area contributed by atoms with Crippen LogP contribution in [0.15, 0.2) is 47.7 Å². The molecule has 0 aliphatic rings. The molecule has 0 bridgehead atoms. The first-order valence-corrected chi connectivity index (χ1v) is 6.70. The van der Waals surface area contributed by atoms with Crippen molar-refractivity contribution in [3.8, 4) is 5.75 Å². The minimum Gasteiger partial charge on any atom is -0.462 e. The van der Waals surface area contributed by atoms with Crippen molar-refractivity contribution in [2.24, 2.45) is 0 Å². The highest BCUT2D eigenvalue weighted by Gasteiger charge is 1.95. The largest absolute Gasteiger partial charge is 0.462 e. The normalized spacial score (nSPS) is 10.2. The molecule has 18 heavy (non-hydrogen) atoms. The average molecular weight is 246 g/mol. The average Bonchev–Trinajstić information content (AvgIpc) is 2.39. The predicted molar refractivity (Wildman–Crippen MR) is 81.0 cm³/mol. The second kappa shape index (κ2) is 9.52. The summed E-state index contributed by atoms with van der Waals surface area (Å²) >= 11 is 0. The van der Waals surface area contributed by atoms with Gasteiger partial charge < -0.3 is 4.74 Å². The van der Waals surface area contributed by atoms with E-state index in [4.69, 9.17) is 4.74 Å². The van der Waals surface area contributed by atoms with E-state index in [-0.39, 0.29) is 0 Å². The highest BCUT2D eigenvalue weighted by Crippen LogP contribution is 2.15. The molecule has 0 spiro atoms. The molecule has 0 radical (unpaired) electrons. The number of hydrogen-bond donors (Lipinski definition) is 0. The molecule has 1 heteroatoms. The van der Waals surface area contributed by atoms with Crippen molar-refractivity contribution in [2.75, 3.05) is 0 Å². The summed E-state index contributed by atoms with van der Waals surface area (Å²) in [5.41, 5.74) is 2.60.